The molecule has 0 unspecified atom stereocenters. The molecule has 2 aliphatic heterocycles. The fraction of sp³-hybridized carbons (Fsp3) is 0.105. The number of hydrazine groups is 1. The van der Waals surface area contributed by atoms with Crippen LogP contribution in [0.4, 0.5) is 5.69 Å². The van der Waals surface area contributed by atoms with Gasteiger partial charge in [-0.1, -0.05) is 42.1 Å². The van der Waals surface area contributed by atoms with Gasteiger partial charge in [-0.05, 0) is 24.3 Å². The van der Waals surface area contributed by atoms with Crippen molar-refractivity contribution < 1.29 is 19.2 Å². The van der Waals surface area contributed by atoms with Crippen LogP contribution in [0.3, 0.4) is 0 Å². The first-order valence-electron chi connectivity index (χ1n) is 8.39. The fourth-order valence-corrected chi connectivity index (χ4v) is 3.68. The van der Waals surface area contributed by atoms with E-state index in [0.717, 1.165) is 9.91 Å². The normalized spacial score (nSPS) is 17.4. The van der Waals surface area contributed by atoms with E-state index in [9.17, 15) is 19.2 Å². The maximum absolute atomic E-state index is 12.4. The minimum atomic E-state index is -0.661. The first-order chi connectivity index (χ1) is 13.5. The summed E-state index contributed by atoms with van der Waals surface area (Å²) in [4.78, 5) is 54.5. The molecule has 0 spiro atoms. The molecule has 0 aromatic heterocycles. The van der Waals surface area contributed by atoms with E-state index in [1.165, 1.54) is 11.8 Å². The molecule has 0 atom stereocenters. The van der Waals surface area contributed by atoms with E-state index in [-0.39, 0.29) is 22.8 Å². The minimum absolute atomic E-state index is 0.138. The Hall–Kier alpha value is -3.46. The molecular formula is C19H14N4O4S. The highest BCUT2D eigenvalue weighted by molar-refractivity contribution is 8.15. The van der Waals surface area contributed by atoms with Gasteiger partial charge in [0.2, 0.25) is 0 Å². The van der Waals surface area contributed by atoms with E-state index < -0.39 is 24.3 Å². The molecule has 9 heteroatoms. The second kappa shape index (κ2) is 7.28. The van der Waals surface area contributed by atoms with Crippen LogP contribution in [-0.2, 0) is 9.59 Å². The summed E-state index contributed by atoms with van der Waals surface area (Å²) in [6, 6.07) is 15.4. The van der Waals surface area contributed by atoms with Crippen LogP contribution < -0.4 is 5.43 Å². The molecule has 0 saturated carbocycles. The number of carbonyl (C=O) groups excluding carboxylic acids is 4. The van der Waals surface area contributed by atoms with Crippen molar-refractivity contribution in [1.29, 1.82) is 0 Å². The van der Waals surface area contributed by atoms with Gasteiger partial charge in [-0.15, -0.1) is 0 Å². The van der Waals surface area contributed by atoms with Gasteiger partial charge in [0.15, 0.2) is 5.17 Å². The van der Waals surface area contributed by atoms with Crippen LogP contribution in [-0.4, -0.2) is 51.0 Å². The number of imide groups is 1. The minimum Gasteiger partial charge on any atom is -0.272 e. The molecule has 2 aliphatic rings. The van der Waals surface area contributed by atoms with Crippen LogP contribution in [0.5, 0.6) is 0 Å². The van der Waals surface area contributed by atoms with Crippen LogP contribution in [0.1, 0.15) is 20.7 Å². The first-order valence-corrected chi connectivity index (χ1v) is 9.37. The highest BCUT2D eigenvalue weighted by atomic mass is 32.2. The molecule has 1 fully saturated rings. The highest BCUT2D eigenvalue weighted by Gasteiger charge is 2.37. The van der Waals surface area contributed by atoms with Gasteiger partial charge >= 0.3 is 0 Å². The number of hydrogen-bond acceptors (Lipinski definition) is 6. The Morgan fingerprint density at radius 2 is 1.57 bits per heavy atom. The lowest BCUT2D eigenvalue weighted by molar-refractivity contribution is -0.134. The van der Waals surface area contributed by atoms with Gasteiger partial charge in [-0.2, -0.15) is 5.01 Å². The average Bonchev–Trinajstić information content (AvgIpc) is 3.16. The number of nitrogens with zero attached hydrogens (tertiary/aromatic N) is 3. The maximum Gasteiger partial charge on any atom is 0.262 e. The number of hydrogen-bond donors (Lipinski definition) is 1. The molecule has 8 nitrogen and oxygen atoms in total. The van der Waals surface area contributed by atoms with E-state index in [1.54, 1.807) is 36.4 Å². The number of rotatable bonds is 4. The zero-order valence-corrected chi connectivity index (χ0v) is 15.3. The van der Waals surface area contributed by atoms with Crippen molar-refractivity contribution >= 4 is 46.2 Å². The number of carbonyl (C=O) groups is 4. The Balaban J connectivity index is 1.47. The zero-order chi connectivity index (χ0) is 19.7. The molecule has 140 valence electrons. The number of amides is 4. The molecule has 28 heavy (non-hydrogen) atoms. The lowest BCUT2D eigenvalue weighted by Crippen LogP contribution is -2.50. The largest absolute Gasteiger partial charge is 0.272 e. The molecular weight excluding hydrogens is 380 g/mol. The van der Waals surface area contributed by atoms with Gasteiger partial charge in [-0.25, -0.2) is 4.99 Å². The monoisotopic (exact) mass is 394 g/mol. The SMILES string of the molecule is O=C(CN1C(=O)c2ccccc2C1=O)NN1C(=O)CSC1=Nc1ccccc1. The van der Waals surface area contributed by atoms with E-state index in [2.05, 4.69) is 10.4 Å². The lowest BCUT2D eigenvalue weighted by atomic mass is 10.1. The summed E-state index contributed by atoms with van der Waals surface area (Å²) >= 11 is 1.19. The summed E-state index contributed by atoms with van der Waals surface area (Å²) in [6.45, 7) is -0.487. The molecule has 2 aromatic carbocycles. The van der Waals surface area contributed by atoms with Crippen molar-refractivity contribution in [3.8, 4) is 0 Å². The average molecular weight is 394 g/mol. The Morgan fingerprint density at radius 3 is 2.21 bits per heavy atom. The molecule has 2 aromatic rings. The standard InChI is InChI=1S/C19H14N4O4S/c24-15(10-22-17(26)13-8-4-5-9-14(13)18(22)27)21-23-16(25)11-28-19(23)20-12-6-2-1-3-7-12/h1-9H,10-11H2,(H,21,24). The van der Waals surface area contributed by atoms with Crippen LogP contribution in [0, 0.1) is 0 Å². The molecule has 2 heterocycles. The van der Waals surface area contributed by atoms with Crippen molar-refractivity contribution in [1.82, 2.24) is 15.3 Å². The smallest absolute Gasteiger partial charge is 0.262 e. The number of benzene rings is 2. The second-order valence-electron chi connectivity index (χ2n) is 6.02. The third kappa shape index (κ3) is 3.27. The molecule has 0 radical (unpaired) electrons. The highest BCUT2D eigenvalue weighted by Crippen LogP contribution is 2.23. The van der Waals surface area contributed by atoms with Crippen molar-refractivity contribution in [2.75, 3.05) is 12.3 Å². The van der Waals surface area contributed by atoms with E-state index in [0.29, 0.717) is 10.9 Å². The summed E-state index contributed by atoms with van der Waals surface area (Å²) in [7, 11) is 0. The number of aliphatic imine (C=N–C) groups is 1. The van der Waals surface area contributed by atoms with Crippen LogP contribution in [0.2, 0.25) is 0 Å². The molecule has 0 aliphatic carbocycles. The molecule has 1 N–H and O–H groups in total. The molecule has 1 saturated heterocycles. The predicted molar refractivity (Wildman–Crippen MR) is 103 cm³/mol. The maximum atomic E-state index is 12.4. The van der Waals surface area contributed by atoms with Crippen LogP contribution in [0.25, 0.3) is 0 Å². The van der Waals surface area contributed by atoms with E-state index in [1.807, 2.05) is 18.2 Å². The van der Waals surface area contributed by atoms with Crippen molar-refractivity contribution in [3.63, 3.8) is 0 Å². The van der Waals surface area contributed by atoms with Gasteiger partial charge < -0.3 is 0 Å². The van der Waals surface area contributed by atoms with E-state index in [4.69, 9.17) is 0 Å². The van der Waals surface area contributed by atoms with Crippen LogP contribution >= 0.6 is 11.8 Å². The van der Waals surface area contributed by atoms with Gasteiger partial charge in [0.1, 0.15) is 6.54 Å². The Morgan fingerprint density at radius 1 is 0.964 bits per heavy atom. The molecule has 4 rings (SSSR count). The van der Waals surface area contributed by atoms with Crippen molar-refractivity contribution in [3.05, 3.63) is 65.7 Å². The van der Waals surface area contributed by atoms with Gasteiger partial charge in [0.05, 0.1) is 22.6 Å². The fourth-order valence-electron chi connectivity index (χ4n) is 2.85. The lowest BCUT2D eigenvalue weighted by Gasteiger charge is -2.19. The Bertz CT molecular complexity index is 987. The van der Waals surface area contributed by atoms with Crippen molar-refractivity contribution in [2.45, 2.75) is 0 Å². The zero-order valence-electron chi connectivity index (χ0n) is 14.5. The molecule has 0 bridgehead atoms. The van der Waals surface area contributed by atoms with Gasteiger partial charge in [0.25, 0.3) is 23.6 Å². The van der Waals surface area contributed by atoms with Gasteiger partial charge in [-0.3, -0.25) is 29.5 Å². The number of thioether (sulfide) groups is 1. The quantitative estimate of drug-likeness (QED) is 0.794. The first kappa shape index (κ1) is 17.9. The predicted octanol–water partition coefficient (Wildman–Crippen LogP) is 1.58. The second-order valence-corrected chi connectivity index (χ2v) is 6.97. The van der Waals surface area contributed by atoms with Crippen molar-refractivity contribution in [2.24, 2.45) is 4.99 Å². The number of nitrogens with one attached hydrogen (secondary N) is 1. The number of fused-ring (bicyclic) bond motifs is 1. The van der Waals surface area contributed by atoms with Gasteiger partial charge in [0, 0.05) is 0 Å². The molecule has 4 amide bonds. The topological polar surface area (TPSA) is 99.1 Å². The van der Waals surface area contributed by atoms with E-state index >= 15 is 0 Å². The van der Waals surface area contributed by atoms with Crippen LogP contribution in [0.15, 0.2) is 59.6 Å². The summed E-state index contributed by atoms with van der Waals surface area (Å²) in [6.07, 6.45) is 0. The number of amidine groups is 1. The summed E-state index contributed by atoms with van der Waals surface area (Å²) < 4.78 is 0. The summed E-state index contributed by atoms with van der Waals surface area (Å²) in [5.41, 5.74) is 3.61. The number of para-hydroxylation sites is 1. The summed E-state index contributed by atoms with van der Waals surface area (Å²) in [5, 5.41) is 1.38. The Kier molecular flexibility index (Phi) is 4.66. The third-order valence-corrected chi connectivity index (χ3v) is 5.09. The third-order valence-electron chi connectivity index (χ3n) is 4.16. The summed E-state index contributed by atoms with van der Waals surface area (Å²) in [5.74, 6) is -1.92. The Labute approximate surface area is 164 Å².